The van der Waals surface area contributed by atoms with Gasteiger partial charge < -0.3 is 9.64 Å². The van der Waals surface area contributed by atoms with Gasteiger partial charge in [0.05, 0.1) is 22.4 Å². The summed E-state index contributed by atoms with van der Waals surface area (Å²) in [6.07, 6.45) is 1.78. The molecule has 0 bridgehead atoms. The van der Waals surface area contributed by atoms with E-state index in [1.54, 1.807) is 40.0 Å². The Labute approximate surface area is 226 Å². The van der Waals surface area contributed by atoms with Crippen LogP contribution in [0.3, 0.4) is 0 Å². The molecule has 1 amide bonds. The molecule has 0 aliphatic carbocycles. The second-order valence-corrected chi connectivity index (χ2v) is 11.5. The van der Waals surface area contributed by atoms with Crippen molar-refractivity contribution in [2.24, 2.45) is 0 Å². The van der Waals surface area contributed by atoms with Gasteiger partial charge in [-0.25, -0.2) is 0 Å². The van der Waals surface area contributed by atoms with Crippen LogP contribution in [0.1, 0.15) is 42.3 Å². The second kappa shape index (κ2) is 10.6. The van der Waals surface area contributed by atoms with E-state index in [0.717, 1.165) is 21.2 Å². The molecule has 3 aromatic heterocycles. The topological polar surface area (TPSA) is 51.0 Å². The van der Waals surface area contributed by atoms with Gasteiger partial charge in [0.1, 0.15) is 0 Å². The van der Waals surface area contributed by atoms with Gasteiger partial charge in [-0.15, -0.1) is 11.3 Å². The van der Waals surface area contributed by atoms with E-state index in [2.05, 4.69) is 32.9 Å². The van der Waals surface area contributed by atoms with Crippen LogP contribution in [0.5, 0.6) is 0 Å². The zero-order chi connectivity index (χ0) is 26.9. The lowest BCUT2D eigenvalue weighted by Crippen LogP contribution is -2.34. The lowest BCUT2D eigenvalue weighted by atomic mass is 9.86. The maximum atomic E-state index is 14.3. The summed E-state index contributed by atoms with van der Waals surface area (Å²) < 4.78 is 7.91. The average Bonchev–Trinajstić information content (AvgIpc) is 3.40. The summed E-state index contributed by atoms with van der Waals surface area (Å²) in [5.74, 6) is -0.128. The SMILES string of the molecule is COCCN(Cc1ccccc1)C(=O)c1cc(-c2ccc(C(C)(C)C)cc2)c(=O)n2ccc3ccsc3c12. The van der Waals surface area contributed by atoms with Gasteiger partial charge in [-0.1, -0.05) is 75.4 Å². The number of benzene rings is 2. The molecule has 194 valence electrons. The van der Waals surface area contributed by atoms with Crippen LogP contribution < -0.4 is 5.56 Å². The molecule has 5 rings (SSSR count). The lowest BCUT2D eigenvalue weighted by Gasteiger charge is -2.24. The Morgan fingerprint density at radius 2 is 1.74 bits per heavy atom. The van der Waals surface area contributed by atoms with Crippen molar-refractivity contribution >= 4 is 32.8 Å². The van der Waals surface area contributed by atoms with Gasteiger partial charge in [0.2, 0.25) is 0 Å². The lowest BCUT2D eigenvalue weighted by molar-refractivity contribution is 0.0682. The third-order valence-electron chi connectivity index (χ3n) is 6.91. The summed E-state index contributed by atoms with van der Waals surface area (Å²) in [5.41, 5.74) is 4.56. The van der Waals surface area contributed by atoms with Gasteiger partial charge in [0.25, 0.3) is 11.5 Å². The number of amides is 1. The normalized spacial score (nSPS) is 11.8. The molecular weight excluding hydrogens is 492 g/mol. The molecule has 3 heterocycles. The van der Waals surface area contributed by atoms with Crippen LogP contribution in [0.25, 0.3) is 26.7 Å². The molecule has 0 aliphatic heterocycles. The van der Waals surface area contributed by atoms with Gasteiger partial charge >= 0.3 is 0 Å². The van der Waals surface area contributed by atoms with Crippen LogP contribution in [0.15, 0.2) is 89.2 Å². The third-order valence-corrected chi connectivity index (χ3v) is 7.85. The van der Waals surface area contributed by atoms with Gasteiger partial charge in [-0.05, 0) is 51.1 Å². The van der Waals surface area contributed by atoms with Crippen molar-refractivity contribution in [3.8, 4) is 11.1 Å². The minimum atomic E-state index is -0.137. The number of methoxy groups -OCH3 is 1. The zero-order valence-electron chi connectivity index (χ0n) is 22.2. The molecule has 0 N–H and O–H groups in total. The first-order chi connectivity index (χ1) is 18.3. The molecule has 6 heteroatoms. The van der Waals surface area contributed by atoms with E-state index >= 15 is 0 Å². The predicted octanol–water partition coefficient (Wildman–Crippen LogP) is 6.77. The van der Waals surface area contributed by atoms with E-state index in [0.29, 0.717) is 36.3 Å². The minimum Gasteiger partial charge on any atom is -0.383 e. The fraction of sp³-hybridized carbons (Fsp3) is 0.250. The van der Waals surface area contributed by atoms with Gasteiger partial charge in [0, 0.05) is 32.0 Å². The zero-order valence-corrected chi connectivity index (χ0v) is 23.0. The number of thiophene rings is 1. The van der Waals surface area contributed by atoms with E-state index in [4.69, 9.17) is 4.74 Å². The minimum absolute atomic E-state index is 0.00213. The molecule has 5 nitrogen and oxygen atoms in total. The Morgan fingerprint density at radius 1 is 1.00 bits per heavy atom. The van der Waals surface area contributed by atoms with Crippen LogP contribution in [-0.2, 0) is 16.7 Å². The number of pyridine rings is 2. The first-order valence-corrected chi connectivity index (χ1v) is 13.6. The van der Waals surface area contributed by atoms with E-state index < -0.39 is 0 Å². The molecule has 0 aliphatic rings. The summed E-state index contributed by atoms with van der Waals surface area (Å²) in [7, 11) is 1.64. The number of ether oxygens (including phenoxy) is 1. The Hall–Kier alpha value is -3.74. The van der Waals surface area contributed by atoms with Crippen molar-refractivity contribution in [3.63, 3.8) is 0 Å². The van der Waals surface area contributed by atoms with Crippen molar-refractivity contribution in [3.05, 3.63) is 111 Å². The number of rotatable bonds is 7. The largest absolute Gasteiger partial charge is 0.383 e. The fourth-order valence-electron chi connectivity index (χ4n) is 4.75. The first-order valence-electron chi connectivity index (χ1n) is 12.8. The van der Waals surface area contributed by atoms with Crippen LogP contribution in [0, 0.1) is 0 Å². The number of carbonyl (C=O) groups is 1. The molecule has 0 fully saturated rings. The summed E-state index contributed by atoms with van der Waals surface area (Å²) in [4.78, 5) is 29.9. The highest BCUT2D eigenvalue weighted by molar-refractivity contribution is 7.18. The van der Waals surface area contributed by atoms with Crippen molar-refractivity contribution in [2.45, 2.75) is 32.7 Å². The van der Waals surface area contributed by atoms with Gasteiger partial charge in [-0.2, -0.15) is 0 Å². The van der Waals surface area contributed by atoms with Crippen molar-refractivity contribution < 1.29 is 9.53 Å². The highest BCUT2D eigenvalue weighted by Gasteiger charge is 2.24. The molecule has 5 aromatic rings. The standard InChI is InChI=1S/C32H32N2O3S/c1-32(2,3)25-12-10-23(11-13-25)26-20-27(28-29-24(15-19-38-29)14-16-34(28)31(26)36)30(35)33(17-18-37-4)21-22-8-6-5-7-9-22/h5-16,19-20H,17-18,21H2,1-4H3. The van der Waals surface area contributed by atoms with E-state index in [1.165, 1.54) is 5.56 Å². The molecule has 0 spiro atoms. The molecular formula is C32H32N2O3S. The van der Waals surface area contributed by atoms with Gasteiger partial charge in [0.15, 0.2) is 0 Å². The van der Waals surface area contributed by atoms with E-state index in [1.807, 2.05) is 60.0 Å². The van der Waals surface area contributed by atoms with Gasteiger partial charge in [-0.3, -0.25) is 14.0 Å². The number of fused-ring (bicyclic) bond motifs is 3. The van der Waals surface area contributed by atoms with Crippen molar-refractivity contribution in [2.75, 3.05) is 20.3 Å². The molecule has 2 aromatic carbocycles. The monoisotopic (exact) mass is 524 g/mol. The van der Waals surface area contributed by atoms with Crippen LogP contribution in [-0.4, -0.2) is 35.5 Å². The predicted molar refractivity (Wildman–Crippen MR) is 156 cm³/mol. The Bertz CT molecular complexity index is 1640. The van der Waals surface area contributed by atoms with Crippen LogP contribution >= 0.6 is 11.3 Å². The maximum Gasteiger partial charge on any atom is 0.263 e. The number of carbonyl (C=O) groups excluding carboxylic acids is 1. The molecule has 0 saturated heterocycles. The number of aromatic nitrogens is 1. The Balaban J connectivity index is 1.70. The summed E-state index contributed by atoms with van der Waals surface area (Å²) in [6.45, 7) is 7.79. The molecule has 38 heavy (non-hydrogen) atoms. The fourth-order valence-corrected chi connectivity index (χ4v) is 5.70. The Kier molecular flexibility index (Phi) is 7.19. The van der Waals surface area contributed by atoms with Crippen LogP contribution in [0.2, 0.25) is 0 Å². The van der Waals surface area contributed by atoms with E-state index in [9.17, 15) is 9.59 Å². The Morgan fingerprint density at radius 3 is 2.42 bits per heavy atom. The molecule has 0 unspecified atom stereocenters. The summed E-state index contributed by atoms with van der Waals surface area (Å²) in [6, 6.07) is 23.8. The van der Waals surface area contributed by atoms with Crippen LogP contribution in [0.4, 0.5) is 0 Å². The molecule has 0 radical (unpaired) electrons. The highest BCUT2D eigenvalue weighted by atomic mass is 32.1. The molecule has 0 saturated carbocycles. The number of hydrogen-bond donors (Lipinski definition) is 0. The quantitative estimate of drug-likeness (QED) is 0.236. The highest BCUT2D eigenvalue weighted by Crippen LogP contribution is 2.31. The second-order valence-electron chi connectivity index (χ2n) is 10.5. The molecule has 0 atom stereocenters. The number of nitrogens with zero attached hydrogens (tertiary/aromatic N) is 2. The smallest absolute Gasteiger partial charge is 0.263 e. The number of hydrogen-bond acceptors (Lipinski definition) is 4. The first kappa shape index (κ1) is 25.9. The van der Waals surface area contributed by atoms with Crippen molar-refractivity contribution in [1.82, 2.24) is 9.30 Å². The maximum absolute atomic E-state index is 14.3. The summed E-state index contributed by atoms with van der Waals surface area (Å²) in [5, 5.41) is 3.01. The van der Waals surface area contributed by atoms with E-state index in [-0.39, 0.29) is 16.9 Å². The summed E-state index contributed by atoms with van der Waals surface area (Å²) >= 11 is 1.54. The third kappa shape index (κ3) is 5.02. The average molecular weight is 525 g/mol. The van der Waals surface area contributed by atoms with Crippen molar-refractivity contribution in [1.29, 1.82) is 0 Å².